The fraction of sp³-hybridized carbons (Fsp3) is 0.857. The standard InChI is InChI=1S/C28H52B6O2/c1-19(2)14-13-17-31-20(3)15-16-21(4)34(30)24(7)22(5)23(6)25(36)28(10,11)26(33(12)32-29)27(8,9)18-35/h18,20-24,26H,1,13-17H2,2-12H3. The zero-order chi connectivity index (χ0) is 28.4. The van der Waals surface area contributed by atoms with Crippen LogP contribution in [0.2, 0.25) is 36.4 Å². The fourth-order valence-electron chi connectivity index (χ4n) is 6.39. The van der Waals surface area contributed by atoms with E-state index in [1.165, 1.54) is 12.0 Å². The molecule has 0 aliphatic rings. The molecule has 0 aliphatic heterocycles. The molecular formula is C28H52B6O2. The normalized spacial score (nSPS) is 17.2. The van der Waals surface area contributed by atoms with Crippen molar-refractivity contribution in [2.45, 2.75) is 131 Å². The average Bonchev–Trinajstić information content (AvgIpc) is 2.81. The second-order valence-corrected chi connectivity index (χ2v) is 13.3. The van der Waals surface area contributed by atoms with Crippen LogP contribution < -0.4 is 0 Å². The van der Waals surface area contributed by atoms with Crippen LogP contribution in [0.1, 0.15) is 94.9 Å². The van der Waals surface area contributed by atoms with Gasteiger partial charge in [-0.05, 0) is 25.1 Å². The molecule has 0 saturated heterocycles. The van der Waals surface area contributed by atoms with Gasteiger partial charge in [-0.15, -0.1) is 6.58 Å². The van der Waals surface area contributed by atoms with E-state index in [4.69, 9.17) is 15.5 Å². The van der Waals surface area contributed by atoms with Crippen LogP contribution in [0.5, 0.6) is 0 Å². The largest absolute Gasteiger partial charge is 0.303 e. The molecule has 0 saturated carbocycles. The highest BCUT2D eigenvalue weighted by atomic mass is 16.1. The zero-order valence-corrected chi connectivity index (χ0v) is 25.6. The summed E-state index contributed by atoms with van der Waals surface area (Å²) in [6, 6.07) is 0. The van der Waals surface area contributed by atoms with Crippen molar-refractivity contribution in [2.75, 3.05) is 0 Å². The van der Waals surface area contributed by atoms with Crippen molar-refractivity contribution in [3.05, 3.63) is 12.2 Å². The van der Waals surface area contributed by atoms with E-state index in [1.807, 2.05) is 41.4 Å². The summed E-state index contributed by atoms with van der Waals surface area (Å²) >= 11 is 0. The molecule has 36 heavy (non-hydrogen) atoms. The maximum Gasteiger partial charge on any atom is 0.141 e. The van der Waals surface area contributed by atoms with Crippen LogP contribution in [0.3, 0.4) is 0 Å². The monoisotopic (exact) mass is 486 g/mol. The zero-order valence-electron chi connectivity index (χ0n) is 25.6. The molecule has 0 N–H and O–H groups in total. The SMILES string of the molecule is [B][B]B(C)C(C(C)(C)C=O)C(C)(C)C(=O)C(C)C(C)C(C)B([B])C(C)CCC(C)[B]CCCC(=C)C. The third-order valence-corrected chi connectivity index (χ3v) is 9.10. The second kappa shape index (κ2) is 15.8. The van der Waals surface area contributed by atoms with Crippen molar-refractivity contribution in [1.29, 1.82) is 0 Å². The van der Waals surface area contributed by atoms with Gasteiger partial charge in [0.05, 0.1) is 13.2 Å². The summed E-state index contributed by atoms with van der Waals surface area (Å²) in [4.78, 5) is 25.8. The lowest BCUT2D eigenvalue weighted by molar-refractivity contribution is -0.134. The molecule has 0 aromatic rings. The molecule has 194 valence electrons. The molecule has 0 fully saturated rings. The fourth-order valence-corrected chi connectivity index (χ4v) is 6.39. The molecule has 8 heteroatoms. The van der Waals surface area contributed by atoms with Gasteiger partial charge in [-0.3, -0.25) is 4.79 Å². The van der Waals surface area contributed by atoms with Crippen LogP contribution in [0.25, 0.3) is 0 Å². The van der Waals surface area contributed by atoms with Gasteiger partial charge in [-0.1, -0.05) is 118 Å². The molecule has 6 radical (unpaired) electrons. The highest BCUT2D eigenvalue weighted by molar-refractivity contribution is 7.31. The van der Waals surface area contributed by atoms with Crippen LogP contribution in [-0.2, 0) is 9.59 Å². The first-order valence-electron chi connectivity index (χ1n) is 14.2. The third-order valence-electron chi connectivity index (χ3n) is 9.10. The number of hydrogen-bond acceptors (Lipinski definition) is 2. The van der Waals surface area contributed by atoms with Gasteiger partial charge in [-0.25, -0.2) is 0 Å². The van der Waals surface area contributed by atoms with E-state index in [0.29, 0.717) is 11.6 Å². The van der Waals surface area contributed by atoms with Crippen molar-refractivity contribution >= 4 is 55.1 Å². The number of aldehydes is 1. The number of carbonyl (C=O) groups excluding carboxylic acids is 2. The number of hydrogen-bond donors (Lipinski definition) is 0. The van der Waals surface area contributed by atoms with Gasteiger partial charge in [0, 0.05) is 39.3 Å². The Balaban J connectivity index is 5.22. The smallest absolute Gasteiger partial charge is 0.141 e. The quantitative estimate of drug-likeness (QED) is 0.0866. The number of rotatable bonds is 19. The van der Waals surface area contributed by atoms with E-state index < -0.39 is 10.8 Å². The minimum absolute atomic E-state index is 0.0347. The van der Waals surface area contributed by atoms with E-state index in [2.05, 4.69) is 48.5 Å². The molecule has 2 nitrogen and oxygen atoms in total. The van der Waals surface area contributed by atoms with E-state index in [0.717, 1.165) is 31.9 Å². The van der Waals surface area contributed by atoms with Gasteiger partial charge in [0.25, 0.3) is 0 Å². The van der Waals surface area contributed by atoms with E-state index in [1.54, 1.807) is 7.06 Å². The van der Waals surface area contributed by atoms with Gasteiger partial charge in [0.1, 0.15) is 19.3 Å². The summed E-state index contributed by atoms with van der Waals surface area (Å²) in [5.41, 5.74) is -0.102. The Morgan fingerprint density at radius 3 is 2.11 bits per heavy atom. The molecule has 0 rings (SSSR count). The number of Topliss-reactive ketones (excluding diaryl/α,β-unsaturated/α-hetero) is 1. The van der Waals surface area contributed by atoms with Crippen molar-refractivity contribution in [3.63, 3.8) is 0 Å². The molecule has 0 amide bonds. The van der Waals surface area contributed by atoms with Crippen LogP contribution in [0.15, 0.2) is 12.2 Å². The molecule has 0 aromatic carbocycles. The van der Waals surface area contributed by atoms with Crippen molar-refractivity contribution in [3.8, 4) is 0 Å². The van der Waals surface area contributed by atoms with Crippen molar-refractivity contribution in [2.24, 2.45) is 22.7 Å². The minimum atomic E-state index is -0.696. The van der Waals surface area contributed by atoms with Crippen LogP contribution in [-0.4, -0.2) is 55.1 Å². The lowest BCUT2D eigenvalue weighted by Gasteiger charge is -2.46. The molecular weight excluding hydrogens is 433 g/mol. The molecule has 0 aliphatic carbocycles. The summed E-state index contributed by atoms with van der Waals surface area (Å²) < 4.78 is 0. The lowest BCUT2D eigenvalue weighted by atomic mass is 9.08. The first-order chi connectivity index (χ1) is 16.4. The number of ketones is 1. The second-order valence-electron chi connectivity index (χ2n) is 13.3. The maximum absolute atomic E-state index is 13.9. The first kappa shape index (κ1) is 35.5. The Hall–Kier alpha value is -0.530. The van der Waals surface area contributed by atoms with E-state index >= 15 is 0 Å². The molecule has 6 unspecified atom stereocenters. The molecule has 0 bridgehead atoms. The number of allylic oxidation sites excluding steroid dienone is 1. The Morgan fingerprint density at radius 1 is 1.08 bits per heavy atom. The summed E-state index contributed by atoms with van der Waals surface area (Å²) in [6.45, 7) is 26.8. The average molecular weight is 486 g/mol. The summed E-state index contributed by atoms with van der Waals surface area (Å²) in [7, 11) is 16.7. The Bertz CT molecular complexity index is 696. The Labute approximate surface area is 230 Å². The third kappa shape index (κ3) is 10.3. The predicted octanol–water partition coefficient (Wildman–Crippen LogP) is 6.87. The Kier molecular flexibility index (Phi) is 15.5. The lowest BCUT2D eigenvalue weighted by Crippen LogP contribution is -2.50. The molecule has 0 aromatic heterocycles. The topological polar surface area (TPSA) is 34.1 Å². The van der Waals surface area contributed by atoms with Crippen LogP contribution in [0, 0.1) is 22.7 Å². The van der Waals surface area contributed by atoms with Gasteiger partial charge in [0.15, 0.2) is 0 Å². The van der Waals surface area contributed by atoms with Crippen molar-refractivity contribution < 1.29 is 9.59 Å². The highest BCUT2D eigenvalue weighted by Gasteiger charge is 2.49. The first-order valence-corrected chi connectivity index (χ1v) is 14.2. The summed E-state index contributed by atoms with van der Waals surface area (Å²) in [5, 5.41) is 0. The number of carbonyl (C=O) groups is 2. The highest BCUT2D eigenvalue weighted by Crippen LogP contribution is 2.49. The van der Waals surface area contributed by atoms with E-state index in [-0.39, 0.29) is 42.5 Å². The minimum Gasteiger partial charge on any atom is -0.303 e. The molecule has 6 atom stereocenters. The van der Waals surface area contributed by atoms with Crippen molar-refractivity contribution in [1.82, 2.24) is 0 Å². The van der Waals surface area contributed by atoms with Gasteiger partial charge in [0.2, 0.25) is 0 Å². The van der Waals surface area contributed by atoms with E-state index in [9.17, 15) is 9.59 Å². The van der Waals surface area contributed by atoms with Crippen LogP contribution in [0.4, 0.5) is 0 Å². The maximum atomic E-state index is 13.9. The molecule has 0 heterocycles. The van der Waals surface area contributed by atoms with Gasteiger partial charge >= 0.3 is 0 Å². The summed E-state index contributed by atoms with van der Waals surface area (Å²) in [5.74, 6) is 1.15. The van der Waals surface area contributed by atoms with Crippen LogP contribution >= 0.6 is 0 Å². The summed E-state index contributed by atoms with van der Waals surface area (Å²) in [6.07, 6.45) is 6.62. The van der Waals surface area contributed by atoms with Gasteiger partial charge < -0.3 is 4.79 Å². The molecule has 0 spiro atoms. The Morgan fingerprint density at radius 2 is 1.64 bits per heavy atom. The van der Waals surface area contributed by atoms with Gasteiger partial charge in [-0.2, -0.15) is 0 Å². The predicted molar refractivity (Wildman–Crippen MR) is 167 cm³/mol.